The number of aryl methyl sites for hydroxylation is 1. The van der Waals surface area contributed by atoms with Crippen molar-refractivity contribution in [1.29, 1.82) is 0 Å². The van der Waals surface area contributed by atoms with Gasteiger partial charge in [-0.1, -0.05) is 17.8 Å². The Kier molecular flexibility index (Phi) is 5.10. The summed E-state index contributed by atoms with van der Waals surface area (Å²) in [6, 6.07) is 0. The zero-order chi connectivity index (χ0) is 11.1. The van der Waals surface area contributed by atoms with Gasteiger partial charge < -0.3 is 10.1 Å². The van der Waals surface area contributed by atoms with E-state index in [4.69, 9.17) is 11.6 Å². The van der Waals surface area contributed by atoms with Crippen molar-refractivity contribution in [3.05, 3.63) is 22.5 Å². The van der Waals surface area contributed by atoms with E-state index in [2.05, 4.69) is 4.98 Å². The van der Waals surface area contributed by atoms with E-state index >= 15 is 0 Å². The predicted molar refractivity (Wildman–Crippen MR) is 58.1 cm³/mol. The van der Waals surface area contributed by atoms with Crippen LogP contribution in [0.3, 0.4) is 0 Å². The summed E-state index contributed by atoms with van der Waals surface area (Å²) >= 11 is 5.54. The summed E-state index contributed by atoms with van der Waals surface area (Å²) in [7, 11) is 0. The van der Waals surface area contributed by atoms with E-state index in [-0.39, 0.29) is 5.95 Å². The van der Waals surface area contributed by atoms with Crippen molar-refractivity contribution < 1.29 is 4.92 Å². The molecule has 0 atom stereocenters. The molecule has 0 aliphatic rings. The molecule has 1 aromatic heterocycles. The Morgan fingerprint density at radius 3 is 2.80 bits per heavy atom. The molecule has 6 heteroatoms. The zero-order valence-electron chi connectivity index (χ0n) is 8.43. The van der Waals surface area contributed by atoms with E-state index in [1.807, 2.05) is 0 Å². The number of nitro groups is 1. The SMILES string of the molecule is O=[N+]([O-])c1nccn1CCCCCCCl. The molecule has 0 saturated heterocycles. The average Bonchev–Trinajstić information content (AvgIpc) is 2.66. The monoisotopic (exact) mass is 231 g/mol. The van der Waals surface area contributed by atoms with Gasteiger partial charge in [0.25, 0.3) is 0 Å². The molecule has 0 spiro atoms. The molecule has 15 heavy (non-hydrogen) atoms. The van der Waals surface area contributed by atoms with E-state index in [0.29, 0.717) is 12.4 Å². The van der Waals surface area contributed by atoms with Gasteiger partial charge in [0.1, 0.15) is 12.4 Å². The van der Waals surface area contributed by atoms with Crippen LogP contribution < -0.4 is 0 Å². The van der Waals surface area contributed by atoms with Gasteiger partial charge in [0.05, 0.1) is 6.54 Å². The van der Waals surface area contributed by atoms with Crippen LogP contribution in [0, 0.1) is 10.1 Å². The number of hydrogen-bond donors (Lipinski definition) is 0. The maximum atomic E-state index is 10.5. The molecule has 0 radical (unpaired) electrons. The van der Waals surface area contributed by atoms with Gasteiger partial charge in [-0.15, -0.1) is 11.6 Å². The number of unbranched alkanes of at least 4 members (excludes halogenated alkanes) is 3. The van der Waals surface area contributed by atoms with Crippen LogP contribution >= 0.6 is 11.6 Å². The Hall–Kier alpha value is -1.10. The lowest BCUT2D eigenvalue weighted by molar-refractivity contribution is -0.396. The van der Waals surface area contributed by atoms with E-state index < -0.39 is 4.92 Å². The minimum Gasteiger partial charge on any atom is -0.390 e. The molecule has 0 bridgehead atoms. The minimum atomic E-state index is -0.460. The summed E-state index contributed by atoms with van der Waals surface area (Å²) in [5, 5.41) is 10.5. The van der Waals surface area contributed by atoms with Gasteiger partial charge in [-0.25, -0.2) is 4.57 Å². The first-order valence-corrected chi connectivity index (χ1v) is 5.50. The molecule has 84 valence electrons. The van der Waals surface area contributed by atoms with E-state index in [0.717, 1.165) is 25.7 Å². The molecule has 0 fully saturated rings. The molecule has 0 aliphatic heterocycles. The molecule has 1 rings (SSSR count). The Morgan fingerprint density at radius 2 is 2.13 bits per heavy atom. The Labute approximate surface area is 93.2 Å². The van der Waals surface area contributed by atoms with E-state index in [1.54, 1.807) is 10.8 Å². The van der Waals surface area contributed by atoms with Crippen LogP contribution in [0.5, 0.6) is 0 Å². The van der Waals surface area contributed by atoms with Crippen molar-refractivity contribution in [2.45, 2.75) is 32.2 Å². The van der Waals surface area contributed by atoms with Gasteiger partial charge in [0.2, 0.25) is 0 Å². The Morgan fingerprint density at radius 1 is 1.40 bits per heavy atom. The zero-order valence-corrected chi connectivity index (χ0v) is 9.19. The van der Waals surface area contributed by atoms with Crippen molar-refractivity contribution in [3.63, 3.8) is 0 Å². The fourth-order valence-electron chi connectivity index (χ4n) is 1.38. The molecular weight excluding hydrogens is 218 g/mol. The fraction of sp³-hybridized carbons (Fsp3) is 0.667. The number of alkyl halides is 1. The standard InChI is InChI=1S/C9H14ClN3O2/c10-5-3-1-2-4-7-12-8-6-11-9(12)13(14)15/h6,8H,1-5,7H2. The maximum absolute atomic E-state index is 10.5. The Bertz CT molecular complexity index is 314. The topological polar surface area (TPSA) is 61.0 Å². The first kappa shape index (κ1) is 12.0. The van der Waals surface area contributed by atoms with Gasteiger partial charge >= 0.3 is 5.95 Å². The second-order valence-corrected chi connectivity index (χ2v) is 3.66. The molecule has 1 heterocycles. The fourth-order valence-corrected chi connectivity index (χ4v) is 1.57. The number of rotatable bonds is 7. The van der Waals surface area contributed by atoms with Crippen LogP contribution in [-0.4, -0.2) is 20.4 Å². The van der Waals surface area contributed by atoms with Crippen LogP contribution in [0.15, 0.2) is 12.4 Å². The highest BCUT2D eigenvalue weighted by Gasteiger charge is 2.12. The highest BCUT2D eigenvalue weighted by atomic mass is 35.5. The lowest BCUT2D eigenvalue weighted by Gasteiger charge is -2.01. The summed E-state index contributed by atoms with van der Waals surface area (Å²) < 4.78 is 1.57. The van der Waals surface area contributed by atoms with Crippen molar-refractivity contribution in [1.82, 2.24) is 9.55 Å². The normalized spacial score (nSPS) is 10.5. The molecule has 1 aromatic rings. The molecule has 0 unspecified atom stereocenters. The summed E-state index contributed by atoms with van der Waals surface area (Å²) in [6.45, 7) is 0.651. The van der Waals surface area contributed by atoms with Gasteiger partial charge in [-0.2, -0.15) is 0 Å². The van der Waals surface area contributed by atoms with Gasteiger partial charge in [-0.05, 0) is 17.8 Å². The van der Waals surface area contributed by atoms with Crippen LogP contribution in [0.4, 0.5) is 5.95 Å². The quantitative estimate of drug-likeness (QED) is 0.314. The van der Waals surface area contributed by atoms with Gasteiger partial charge in [-0.3, -0.25) is 0 Å². The molecule has 5 nitrogen and oxygen atoms in total. The summed E-state index contributed by atoms with van der Waals surface area (Å²) in [6.07, 6.45) is 7.15. The third-order valence-corrected chi connectivity index (χ3v) is 2.41. The second-order valence-electron chi connectivity index (χ2n) is 3.28. The molecule has 0 aromatic carbocycles. The highest BCUT2D eigenvalue weighted by molar-refractivity contribution is 6.17. The first-order chi connectivity index (χ1) is 7.25. The maximum Gasteiger partial charge on any atom is 0.434 e. The van der Waals surface area contributed by atoms with Crippen LogP contribution in [-0.2, 0) is 6.54 Å². The number of aromatic nitrogens is 2. The third-order valence-electron chi connectivity index (χ3n) is 2.14. The van der Waals surface area contributed by atoms with Gasteiger partial charge in [0.15, 0.2) is 0 Å². The number of imidazole rings is 1. The number of nitrogens with zero attached hydrogens (tertiary/aromatic N) is 3. The molecule has 0 saturated carbocycles. The van der Waals surface area contributed by atoms with Crippen LogP contribution in [0.1, 0.15) is 25.7 Å². The number of hydrogen-bond acceptors (Lipinski definition) is 3. The molecule has 0 aliphatic carbocycles. The van der Waals surface area contributed by atoms with Crippen LogP contribution in [0.2, 0.25) is 0 Å². The molecule has 0 amide bonds. The molecule has 0 N–H and O–H groups in total. The Balaban J connectivity index is 2.31. The second kappa shape index (κ2) is 6.40. The number of halogens is 1. The van der Waals surface area contributed by atoms with Crippen LogP contribution in [0.25, 0.3) is 0 Å². The van der Waals surface area contributed by atoms with Crippen molar-refractivity contribution >= 4 is 17.5 Å². The van der Waals surface area contributed by atoms with Gasteiger partial charge in [0, 0.05) is 5.88 Å². The lowest BCUT2D eigenvalue weighted by atomic mass is 10.2. The van der Waals surface area contributed by atoms with E-state index in [9.17, 15) is 10.1 Å². The summed E-state index contributed by atoms with van der Waals surface area (Å²) in [5.41, 5.74) is 0. The van der Waals surface area contributed by atoms with Crippen molar-refractivity contribution in [2.24, 2.45) is 0 Å². The van der Waals surface area contributed by atoms with E-state index in [1.165, 1.54) is 6.20 Å². The summed E-state index contributed by atoms with van der Waals surface area (Å²) in [5.74, 6) is 0.609. The van der Waals surface area contributed by atoms with Crippen molar-refractivity contribution in [3.8, 4) is 0 Å². The minimum absolute atomic E-state index is 0.0765. The average molecular weight is 232 g/mol. The summed E-state index contributed by atoms with van der Waals surface area (Å²) in [4.78, 5) is 13.7. The first-order valence-electron chi connectivity index (χ1n) is 4.97. The smallest absolute Gasteiger partial charge is 0.390 e. The van der Waals surface area contributed by atoms with Crippen molar-refractivity contribution in [2.75, 3.05) is 5.88 Å². The highest BCUT2D eigenvalue weighted by Crippen LogP contribution is 2.10. The largest absolute Gasteiger partial charge is 0.434 e. The molecular formula is C9H14ClN3O2. The lowest BCUT2D eigenvalue weighted by Crippen LogP contribution is -2.02. The predicted octanol–water partition coefficient (Wildman–Crippen LogP) is 2.59. The third kappa shape index (κ3) is 3.87.